The number of benzene rings is 3. The molecule has 3 unspecified atom stereocenters. The van der Waals surface area contributed by atoms with Crippen LogP contribution in [0.15, 0.2) is 72.8 Å². The van der Waals surface area contributed by atoms with Crippen molar-refractivity contribution in [2.45, 2.75) is 77.4 Å². The molecular weight excluding hydrogens is 695 g/mol. The molecule has 3 aromatic carbocycles. The van der Waals surface area contributed by atoms with Crippen LogP contribution in [0.2, 0.25) is 0 Å². The van der Waals surface area contributed by atoms with Crippen LogP contribution in [-0.2, 0) is 53.3 Å². The number of nitrogens with zero attached hydrogens (tertiary/aromatic N) is 1. The highest BCUT2D eigenvalue weighted by Gasteiger charge is 2.20. The van der Waals surface area contributed by atoms with E-state index in [1.54, 1.807) is 0 Å². The molecule has 3 atom stereocenters. The van der Waals surface area contributed by atoms with Crippen molar-refractivity contribution in [2.75, 3.05) is 53.9 Å². The zero-order valence-corrected chi connectivity index (χ0v) is 33.2. The van der Waals surface area contributed by atoms with E-state index in [1.165, 1.54) is 0 Å². The fourth-order valence-corrected chi connectivity index (χ4v) is 7.14. The van der Waals surface area contributed by atoms with E-state index < -0.39 is 35.7 Å². The summed E-state index contributed by atoms with van der Waals surface area (Å²) < 4.78 is 0. The lowest BCUT2D eigenvalue weighted by atomic mass is 9.93. The largest absolute Gasteiger partial charge is 0.481 e. The van der Waals surface area contributed by atoms with Gasteiger partial charge in [0.15, 0.2) is 0 Å². The Bertz CT molecular complexity index is 1510. The van der Waals surface area contributed by atoms with Gasteiger partial charge in [-0.05, 0) is 132 Å². The first-order valence-corrected chi connectivity index (χ1v) is 19.9. The SMILES string of the molecule is CNCCCC(Cc1cccc(CNCCN(Cc2cccc(CC(CCCNC)C(=O)O)c2)Cc2cccc(CC(CCCNC)C(=O)O)c2)c1)C(=O)O. The summed E-state index contributed by atoms with van der Waals surface area (Å²) in [6.07, 6.45) is 5.77. The third-order valence-electron chi connectivity index (χ3n) is 10.2. The molecule has 11 heteroatoms. The van der Waals surface area contributed by atoms with Gasteiger partial charge in [-0.3, -0.25) is 19.3 Å². The predicted octanol–water partition coefficient (Wildman–Crippen LogP) is 5.21. The molecule has 0 aromatic heterocycles. The van der Waals surface area contributed by atoms with Gasteiger partial charge in [0.05, 0.1) is 17.8 Å². The van der Waals surface area contributed by atoms with Crippen LogP contribution in [0.3, 0.4) is 0 Å². The highest BCUT2D eigenvalue weighted by Crippen LogP contribution is 2.21. The van der Waals surface area contributed by atoms with Gasteiger partial charge in [-0.2, -0.15) is 0 Å². The Kier molecular flexibility index (Phi) is 21.3. The summed E-state index contributed by atoms with van der Waals surface area (Å²) in [6, 6.07) is 24.6. The van der Waals surface area contributed by atoms with Crippen molar-refractivity contribution in [2.24, 2.45) is 17.8 Å². The van der Waals surface area contributed by atoms with E-state index in [9.17, 15) is 29.7 Å². The van der Waals surface area contributed by atoms with Crippen molar-refractivity contribution in [3.8, 4) is 0 Å². The van der Waals surface area contributed by atoms with Crippen molar-refractivity contribution in [1.29, 1.82) is 0 Å². The molecule has 0 fully saturated rings. The summed E-state index contributed by atoms with van der Waals surface area (Å²) >= 11 is 0. The van der Waals surface area contributed by atoms with Crippen LogP contribution in [0.5, 0.6) is 0 Å². The molecule has 0 aliphatic carbocycles. The van der Waals surface area contributed by atoms with Gasteiger partial charge >= 0.3 is 17.9 Å². The molecule has 302 valence electrons. The summed E-state index contributed by atoms with van der Waals surface area (Å²) in [6.45, 7) is 5.81. The maximum Gasteiger partial charge on any atom is 0.306 e. The number of nitrogens with one attached hydrogen (secondary N) is 4. The minimum atomic E-state index is -0.766. The maximum atomic E-state index is 12.1. The molecule has 0 aliphatic heterocycles. The van der Waals surface area contributed by atoms with Crippen LogP contribution in [0.1, 0.15) is 71.9 Å². The summed E-state index contributed by atoms with van der Waals surface area (Å²) in [5, 5.41) is 42.5. The summed E-state index contributed by atoms with van der Waals surface area (Å²) in [7, 11) is 5.63. The van der Waals surface area contributed by atoms with Gasteiger partial charge < -0.3 is 36.6 Å². The van der Waals surface area contributed by atoms with Crippen LogP contribution >= 0.6 is 0 Å². The van der Waals surface area contributed by atoms with Crippen molar-refractivity contribution in [3.63, 3.8) is 0 Å². The normalized spacial score (nSPS) is 13.1. The van der Waals surface area contributed by atoms with Crippen LogP contribution in [0.25, 0.3) is 0 Å². The second-order valence-corrected chi connectivity index (χ2v) is 14.8. The molecular formula is C44H65N5O6. The standard InChI is InChI=1S/C44H65N5O6/c1-45-19-7-16-39(42(50)51)27-33-10-4-13-36(24-33)30-48-22-23-49(31-37-14-5-11-34(25-37)28-40(43(52)53)17-8-20-46-2)32-38-15-6-12-35(26-38)29-41(44(54)55)18-9-21-47-3/h4-6,10-15,24-26,39-41,45-48H,7-9,16-23,27-32H2,1-3H3,(H,50,51)(H,52,53)(H,54,55). The van der Waals surface area contributed by atoms with E-state index in [1.807, 2.05) is 57.5 Å². The molecule has 0 amide bonds. The number of hydrogen-bond donors (Lipinski definition) is 7. The Morgan fingerprint density at radius 1 is 0.527 bits per heavy atom. The molecule has 0 radical (unpaired) electrons. The average Bonchev–Trinajstić information content (AvgIpc) is 3.16. The van der Waals surface area contributed by atoms with E-state index in [4.69, 9.17) is 0 Å². The minimum Gasteiger partial charge on any atom is -0.481 e. The number of carboxylic acids is 3. The van der Waals surface area contributed by atoms with Crippen molar-refractivity contribution >= 4 is 17.9 Å². The zero-order valence-electron chi connectivity index (χ0n) is 33.2. The van der Waals surface area contributed by atoms with Gasteiger partial charge in [0.1, 0.15) is 0 Å². The van der Waals surface area contributed by atoms with E-state index >= 15 is 0 Å². The molecule has 11 nitrogen and oxygen atoms in total. The lowest BCUT2D eigenvalue weighted by Gasteiger charge is -2.24. The van der Waals surface area contributed by atoms with Crippen LogP contribution in [0, 0.1) is 17.8 Å². The highest BCUT2D eigenvalue weighted by atomic mass is 16.4. The number of rotatable bonds is 30. The first kappa shape index (κ1) is 45.3. The van der Waals surface area contributed by atoms with E-state index in [-0.39, 0.29) is 0 Å². The molecule has 0 saturated heterocycles. The Balaban J connectivity index is 1.73. The van der Waals surface area contributed by atoms with Crippen LogP contribution in [0.4, 0.5) is 0 Å². The summed E-state index contributed by atoms with van der Waals surface area (Å²) in [5.74, 6) is -3.58. The fourth-order valence-electron chi connectivity index (χ4n) is 7.14. The molecule has 0 heterocycles. The Morgan fingerprint density at radius 2 is 0.873 bits per heavy atom. The Labute approximate surface area is 328 Å². The molecule has 3 aromatic rings. The second kappa shape index (κ2) is 25.9. The first-order chi connectivity index (χ1) is 26.6. The van der Waals surface area contributed by atoms with Gasteiger partial charge in [0, 0.05) is 32.7 Å². The van der Waals surface area contributed by atoms with Crippen molar-refractivity contribution in [3.05, 3.63) is 106 Å². The summed E-state index contributed by atoms with van der Waals surface area (Å²) in [5.41, 5.74) is 6.38. The third kappa shape index (κ3) is 17.9. The smallest absolute Gasteiger partial charge is 0.306 e. The average molecular weight is 760 g/mol. The van der Waals surface area contributed by atoms with Gasteiger partial charge in [0.25, 0.3) is 0 Å². The van der Waals surface area contributed by atoms with Gasteiger partial charge in [0.2, 0.25) is 0 Å². The third-order valence-corrected chi connectivity index (χ3v) is 10.2. The molecule has 55 heavy (non-hydrogen) atoms. The molecule has 7 N–H and O–H groups in total. The van der Waals surface area contributed by atoms with Gasteiger partial charge in [-0.25, -0.2) is 0 Å². The number of hydrogen-bond acceptors (Lipinski definition) is 8. The molecule has 0 saturated carbocycles. The molecule has 3 rings (SSSR count). The zero-order chi connectivity index (χ0) is 39.8. The quantitative estimate of drug-likeness (QED) is 0.0447. The van der Waals surface area contributed by atoms with Crippen molar-refractivity contribution < 1.29 is 29.7 Å². The number of aliphatic carboxylic acids is 3. The second-order valence-electron chi connectivity index (χ2n) is 14.8. The number of carbonyl (C=O) groups is 3. The Hall–Kier alpha value is -4.13. The minimum absolute atomic E-state index is 0.413. The fraction of sp³-hybridized carbons (Fsp3) is 0.523. The lowest BCUT2D eigenvalue weighted by Crippen LogP contribution is -2.31. The lowest BCUT2D eigenvalue weighted by molar-refractivity contribution is -0.142. The maximum absolute atomic E-state index is 12.1. The molecule has 0 aliphatic rings. The highest BCUT2D eigenvalue weighted by molar-refractivity contribution is 5.71. The predicted molar refractivity (Wildman–Crippen MR) is 219 cm³/mol. The van der Waals surface area contributed by atoms with E-state index in [0.29, 0.717) is 64.7 Å². The Morgan fingerprint density at radius 3 is 1.24 bits per heavy atom. The van der Waals surface area contributed by atoms with E-state index in [0.717, 1.165) is 78.8 Å². The van der Waals surface area contributed by atoms with Gasteiger partial charge in [-0.15, -0.1) is 0 Å². The number of carboxylic acid groups (broad SMARTS) is 3. The first-order valence-electron chi connectivity index (χ1n) is 19.9. The molecule has 0 bridgehead atoms. The molecule has 0 spiro atoms. The van der Waals surface area contributed by atoms with Crippen molar-refractivity contribution in [1.82, 2.24) is 26.2 Å². The van der Waals surface area contributed by atoms with Crippen LogP contribution in [-0.4, -0.2) is 92.0 Å². The van der Waals surface area contributed by atoms with Crippen LogP contribution < -0.4 is 21.3 Å². The monoisotopic (exact) mass is 759 g/mol. The topological polar surface area (TPSA) is 163 Å². The summed E-state index contributed by atoms with van der Waals surface area (Å²) in [4.78, 5) is 38.4. The van der Waals surface area contributed by atoms with Gasteiger partial charge in [-0.1, -0.05) is 72.8 Å². The van der Waals surface area contributed by atoms with E-state index in [2.05, 4.69) is 62.6 Å².